The van der Waals surface area contributed by atoms with Gasteiger partial charge in [-0.15, -0.1) is 0 Å². The lowest BCUT2D eigenvalue weighted by Gasteiger charge is -2.08. The molecule has 0 saturated carbocycles. The molecule has 27 heavy (non-hydrogen) atoms. The topological polar surface area (TPSA) is 83.2 Å². The Morgan fingerprint density at radius 3 is 2.52 bits per heavy atom. The van der Waals surface area contributed by atoms with E-state index >= 15 is 0 Å². The summed E-state index contributed by atoms with van der Waals surface area (Å²) in [6, 6.07) is 13.1. The molecule has 0 aliphatic rings. The van der Waals surface area contributed by atoms with Gasteiger partial charge in [-0.3, -0.25) is 0 Å². The first-order valence-electron chi connectivity index (χ1n) is 8.84. The summed E-state index contributed by atoms with van der Waals surface area (Å²) in [5.41, 5.74) is 3.86. The summed E-state index contributed by atoms with van der Waals surface area (Å²) in [6.45, 7) is 1.13. The van der Waals surface area contributed by atoms with Crippen LogP contribution in [0.4, 0.5) is 0 Å². The predicted molar refractivity (Wildman–Crippen MR) is 108 cm³/mol. The number of benzene rings is 2. The zero-order chi connectivity index (χ0) is 19.3. The van der Waals surface area contributed by atoms with E-state index in [1.807, 2.05) is 55.7 Å². The van der Waals surface area contributed by atoms with E-state index in [2.05, 4.69) is 15.0 Å². The van der Waals surface area contributed by atoms with E-state index in [0.29, 0.717) is 0 Å². The molecule has 144 valence electrons. The van der Waals surface area contributed by atoms with Crippen LogP contribution in [0.3, 0.4) is 0 Å². The molecule has 0 aliphatic heterocycles. The van der Waals surface area contributed by atoms with E-state index in [4.69, 9.17) is 4.74 Å². The Hall–Kier alpha value is -2.35. The third kappa shape index (κ3) is 5.09. The maximum Gasteiger partial charge on any atom is 0.216 e. The SMILES string of the molecule is CNCCc1c[nH]c2ccc(CS(=O)(=O)NCc3ccc(OC)cc3)cc12. The van der Waals surface area contributed by atoms with Gasteiger partial charge in [0.1, 0.15) is 5.75 Å². The minimum Gasteiger partial charge on any atom is -0.497 e. The number of fused-ring (bicyclic) bond motifs is 1. The van der Waals surface area contributed by atoms with Gasteiger partial charge < -0.3 is 15.0 Å². The first kappa shape index (κ1) is 19.4. The largest absolute Gasteiger partial charge is 0.497 e. The highest BCUT2D eigenvalue weighted by Crippen LogP contribution is 2.21. The molecule has 0 aliphatic carbocycles. The Balaban J connectivity index is 1.68. The van der Waals surface area contributed by atoms with E-state index in [1.54, 1.807) is 7.11 Å². The van der Waals surface area contributed by atoms with Crippen LogP contribution in [0.5, 0.6) is 5.75 Å². The van der Waals surface area contributed by atoms with Gasteiger partial charge in [0, 0.05) is 23.6 Å². The minimum absolute atomic E-state index is 0.0459. The van der Waals surface area contributed by atoms with Crippen molar-refractivity contribution in [2.24, 2.45) is 0 Å². The molecule has 0 amide bonds. The van der Waals surface area contributed by atoms with Gasteiger partial charge in [0.25, 0.3) is 0 Å². The highest BCUT2D eigenvalue weighted by Gasteiger charge is 2.13. The van der Waals surface area contributed by atoms with Crippen molar-refractivity contribution >= 4 is 20.9 Å². The summed E-state index contributed by atoms with van der Waals surface area (Å²) in [5, 5.41) is 4.21. The zero-order valence-corrected chi connectivity index (χ0v) is 16.4. The fourth-order valence-electron chi connectivity index (χ4n) is 2.99. The Labute approximate surface area is 160 Å². The molecule has 0 spiro atoms. The summed E-state index contributed by atoms with van der Waals surface area (Å²) in [5.74, 6) is 0.700. The molecular weight excluding hydrogens is 362 g/mol. The van der Waals surface area contributed by atoms with Crippen molar-refractivity contribution in [1.82, 2.24) is 15.0 Å². The molecule has 3 N–H and O–H groups in total. The fraction of sp³-hybridized carbons (Fsp3) is 0.300. The number of H-pyrrole nitrogens is 1. The zero-order valence-electron chi connectivity index (χ0n) is 15.6. The monoisotopic (exact) mass is 387 g/mol. The first-order chi connectivity index (χ1) is 13.0. The number of ether oxygens (including phenoxy) is 1. The second-order valence-electron chi connectivity index (χ2n) is 6.48. The van der Waals surface area contributed by atoms with Gasteiger partial charge in [0.2, 0.25) is 10.0 Å². The van der Waals surface area contributed by atoms with Crippen LogP contribution in [0.1, 0.15) is 16.7 Å². The highest BCUT2D eigenvalue weighted by atomic mass is 32.2. The van der Waals surface area contributed by atoms with Gasteiger partial charge in [-0.1, -0.05) is 18.2 Å². The summed E-state index contributed by atoms with van der Waals surface area (Å²) in [6.07, 6.45) is 2.88. The Kier molecular flexibility index (Phi) is 6.15. The Morgan fingerprint density at radius 2 is 1.81 bits per heavy atom. The molecule has 0 atom stereocenters. The Morgan fingerprint density at radius 1 is 1.07 bits per heavy atom. The number of hydrogen-bond donors (Lipinski definition) is 3. The molecule has 2 aromatic carbocycles. The van der Waals surface area contributed by atoms with Gasteiger partial charge in [-0.2, -0.15) is 0 Å². The number of nitrogens with one attached hydrogen (secondary N) is 3. The number of rotatable bonds is 9. The van der Waals surface area contributed by atoms with Crippen molar-refractivity contribution in [1.29, 1.82) is 0 Å². The number of aromatic amines is 1. The van der Waals surface area contributed by atoms with Gasteiger partial charge in [0.15, 0.2) is 0 Å². The van der Waals surface area contributed by atoms with E-state index in [-0.39, 0.29) is 12.3 Å². The predicted octanol–water partition coefficient (Wildman–Crippen LogP) is 2.56. The molecule has 0 radical (unpaired) electrons. The molecule has 3 aromatic rings. The number of hydrogen-bond acceptors (Lipinski definition) is 4. The molecule has 1 heterocycles. The normalized spacial score (nSPS) is 11.8. The maximum absolute atomic E-state index is 12.5. The fourth-order valence-corrected chi connectivity index (χ4v) is 4.10. The highest BCUT2D eigenvalue weighted by molar-refractivity contribution is 7.88. The molecule has 0 unspecified atom stereocenters. The lowest BCUT2D eigenvalue weighted by molar-refractivity contribution is 0.414. The minimum atomic E-state index is -3.43. The molecule has 0 fully saturated rings. The molecule has 1 aromatic heterocycles. The number of aromatic nitrogens is 1. The van der Waals surface area contributed by atoms with E-state index in [0.717, 1.165) is 40.7 Å². The third-order valence-corrected chi connectivity index (χ3v) is 5.79. The molecular formula is C20H25N3O3S. The number of sulfonamides is 1. The second-order valence-corrected chi connectivity index (χ2v) is 8.28. The van der Waals surface area contributed by atoms with Crippen LogP contribution < -0.4 is 14.8 Å². The van der Waals surface area contributed by atoms with Crippen LogP contribution in [-0.4, -0.2) is 34.1 Å². The maximum atomic E-state index is 12.5. The smallest absolute Gasteiger partial charge is 0.216 e. The molecule has 7 heteroatoms. The van der Waals surface area contributed by atoms with E-state index in [9.17, 15) is 8.42 Å². The van der Waals surface area contributed by atoms with Crippen molar-refractivity contribution in [2.75, 3.05) is 20.7 Å². The molecule has 0 saturated heterocycles. The van der Waals surface area contributed by atoms with Gasteiger partial charge in [0.05, 0.1) is 12.9 Å². The molecule has 3 rings (SSSR count). The van der Waals surface area contributed by atoms with Crippen molar-refractivity contribution in [3.63, 3.8) is 0 Å². The standard InChI is InChI=1S/C20H25N3O3S/c1-21-10-9-17-13-22-20-8-5-16(11-19(17)20)14-27(24,25)23-12-15-3-6-18(26-2)7-4-15/h3-8,11,13,21-23H,9-10,12,14H2,1-2H3. The third-order valence-electron chi connectivity index (χ3n) is 4.49. The summed E-state index contributed by atoms with van der Waals surface area (Å²) in [7, 11) is 0.0846. The summed E-state index contributed by atoms with van der Waals surface area (Å²) in [4.78, 5) is 3.24. The van der Waals surface area contributed by atoms with Crippen molar-refractivity contribution in [2.45, 2.75) is 18.7 Å². The Bertz CT molecular complexity index is 995. The van der Waals surface area contributed by atoms with Crippen LogP contribution in [0, 0.1) is 0 Å². The number of likely N-dealkylation sites (N-methyl/N-ethyl adjacent to an activating group) is 1. The average Bonchev–Trinajstić information content (AvgIpc) is 3.07. The first-order valence-corrected chi connectivity index (χ1v) is 10.5. The van der Waals surface area contributed by atoms with Gasteiger partial charge in [-0.25, -0.2) is 13.1 Å². The van der Waals surface area contributed by atoms with Crippen LogP contribution >= 0.6 is 0 Å². The van der Waals surface area contributed by atoms with Gasteiger partial charge in [-0.05, 0) is 61.0 Å². The quantitative estimate of drug-likeness (QED) is 0.527. The molecule has 0 bridgehead atoms. The lowest BCUT2D eigenvalue weighted by atomic mass is 10.1. The summed E-state index contributed by atoms with van der Waals surface area (Å²) >= 11 is 0. The van der Waals surface area contributed by atoms with E-state index in [1.165, 1.54) is 5.56 Å². The van der Waals surface area contributed by atoms with Crippen LogP contribution in [0.25, 0.3) is 10.9 Å². The van der Waals surface area contributed by atoms with Crippen LogP contribution in [0.2, 0.25) is 0 Å². The van der Waals surface area contributed by atoms with Crippen LogP contribution in [-0.2, 0) is 28.7 Å². The van der Waals surface area contributed by atoms with E-state index < -0.39 is 10.0 Å². The van der Waals surface area contributed by atoms with Crippen molar-refractivity contribution in [3.8, 4) is 5.75 Å². The van der Waals surface area contributed by atoms with Crippen molar-refractivity contribution < 1.29 is 13.2 Å². The van der Waals surface area contributed by atoms with Crippen LogP contribution in [0.15, 0.2) is 48.7 Å². The van der Waals surface area contributed by atoms with Gasteiger partial charge >= 0.3 is 0 Å². The summed E-state index contributed by atoms with van der Waals surface area (Å²) < 4.78 is 32.7. The average molecular weight is 388 g/mol. The lowest BCUT2D eigenvalue weighted by Crippen LogP contribution is -2.24. The number of methoxy groups -OCH3 is 1. The van der Waals surface area contributed by atoms with Crippen molar-refractivity contribution in [3.05, 3.63) is 65.4 Å². The second kappa shape index (κ2) is 8.56. The molecule has 6 nitrogen and oxygen atoms in total.